The Morgan fingerprint density at radius 2 is 1.76 bits per heavy atom. The van der Waals surface area contributed by atoms with E-state index in [1.54, 1.807) is 31.3 Å². The fraction of sp³-hybridized carbons (Fsp3) is 0.472. The standard InChI is InChI=1S/C53H57F2N9O4/c1-4-36-41(54)13-10-33-7-5-8-38(44(33)36)47-45(55)48-40(28-56-47)49(64-22-6-19-52(2,67)29-64)59-51(58-48)68-31-53(20-21-53)30-62-23-17-35(18-24-62)63-25-15-32(16-26-63)34-9-11-37-42(27-34)61(3)60-46(37)39-12-14-43(65)57-50(39)66/h1,5,7-11,13,27-28,32,35,39,67H,6,12,14-26,29-31H2,2-3H3,(H,57,65,66)/t39?,52-/m1/s1. The van der Waals surface area contributed by atoms with E-state index in [9.17, 15) is 19.1 Å². The largest absolute Gasteiger partial charge is 0.463 e. The van der Waals surface area contributed by atoms with E-state index >= 15 is 4.39 Å². The van der Waals surface area contributed by atoms with Crippen molar-refractivity contribution in [3.05, 3.63) is 83.2 Å². The van der Waals surface area contributed by atoms with E-state index in [1.807, 2.05) is 22.7 Å². The van der Waals surface area contributed by atoms with Crippen molar-refractivity contribution in [3.63, 3.8) is 0 Å². The Hall–Kier alpha value is -6.08. The summed E-state index contributed by atoms with van der Waals surface area (Å²) in [5.74, 6) is 1.24. The second-order valence-electron chi connectivity index (χ2n) is 20.4. The smallest absolute Gasteiger partial charge is 0.319 e. The number of hydrogen-bond donors (Lipinski definition) is 2. The zero-order valence-electron chi connectivity index (χ0n) is 38.7. The number of carbonyl (C=O) groups excluding carboxylic acids is 2. The van der Waals surface area contributed by atoms with Crippen LogP contribution in [0.2, 0.25) is 0 Å². The molecule has 3 aromatic heterocycles. The van der Waals surface area contributed by atoms with Crippen LogP contribution < -0.4 is 15.0 Å². The molecular formula is C53H57F2N9O4. The van der Waals surface area contributed by atoms with Crippen molar-refractivity contribution in [2.24, 2.45) is 12.5 Å². The van der Waals surface area contributed by atoms with Gasteiger partial charge >= 0.3 is 6.01 Å². The highest BCUT2D eigenvalue weighted by atomic mass is 19.1. The van der Waals surface area contributed by atoms with Gasteiger partial charge in [0.05, 0.1) is 40.3 Å². The number of hydrogen-bond acceptors (Lipinski definition) is 11. The lowest BCUT2D eigenvalue weighted by molar-refractivity contribution is -0.134. The second kappa shape index (κ2) is 17.5. The Labute approximate surface area is 394 Å². The molecule has 4 aliphatic heterocycles. The number of benzene rings is 3. The lowest BCUT2D eigenvalue weighted by Gasteiger charge is -2.42. The van der Waals surface area contributed by atoms with E-state index in [4.69, 9.17) is 26.2 Å². The van der Waals surface area contributed by atoms with Crippen molar-refractivity contribution in [1.82, 2.24) is 39.8 Å². The molecule has 5 fully saturated rings. The van der Waals surface area contributed by atoms with E-state index in [0.29, 0.717) is 78.5 Å². The van der Waals surface area contributed by atoms with E-state index < -0.39 is 23.2 Å². The Morgan fingerprint density at radius 1 is 0.956 bits per heavy atom. The van der Waals surface area contributed by atoms with Crippen molar-refractivity contribution < 1.29 is 28.2 Å². The van der Waals surface area contributed by atoms with Gasteiger partial charge in [-0.2, -0.15) is 15.1 Å². The molecule has 1 saturated carbocycles. The van der Waals surface area contributed by atoms with Crippen LogP contribution in [0.1, 0.15) is 99.8 Å². The maximum Gasteiger partial charge on any atom is 0.319 e. The highest BCUT2D eigenvalue weighted by Crippen LogP contribution is 2.47. The maximum absolute atomic E-state index is 17.0. The minimum atomic E-state index is -0.951. The molecular weight excluding hydrogens is 865 g/mol. The molecule has 15 heteroatoms. The van der Waals surface area contributed by atoms with Gasteiger partial charge in [0.25, 0.3) is 0 Å². The number of amides is 2. The van der Waals surface area contributed by atoms with Crippen molar-refractivity contribution in [2.45, 2.75) is 94.6 Å². The first-order valence-corrected chi connectivity index (χ1v) is 24.3. The summed E-state index contributed by atoms with van der Waals surface area (Å²) in [5, 5.41) is 20.8. The quantitative estimate of drug-likeness (QED) is 0.105. The van der Waals surface area contributed by atoms with E-state index in [1.165, 1.54) is 11.6 Å². The molecule has 2 atom stereocenters. The highest BCUT2D eigenvalue weighted by molar-refractivity contribution is 6.03. The minimum absolute atomic E-state index is 0.00368. The van der Waals surface area contributed by atoms with Crippen molar-refractivity contribution in [2.75, 3.05) is 57.3 Å². The summed E-state index contributed by atoms with van der Waals surface area (Å²) in [4.78, 5) is 45.8. The average Bonchev–Trinajstić information content (AvgIpc) is 4.03. The molecule has 352 valence electrons. The number of aromatic nitrogens is 5. The van der Waals surface area contributed by atoms with Crippen LogP contribution in [0, 0.1) is 29.4 Å². The molecule has 1 unspecified atom stereocenters. The number of aliphatic hydroxyl groups is 1. The second-order valence-corrected chi connectivity index (χ2v) is 20.4. The van der Waals surface area contributed by atoms with E-state index in [0.717, 1.165) is 94.3 Å². The van der Waals surface area contributed by atoms with E-state index in [2.05, 4.69) is 44.2 Å². The number of carbonyl (C=O) groups is 2. The molecule has 4 saturated heterocycles. The lowest BCUT2D eigenvalue weighted by atomic mass is 9.86. The van der Waals surface area contributed by atoms with Crippen LogP contribution in [0.3, 0.4) is 0 Å². The first kappa shape index (κ1) is 44.4. The topological polar surface area (TPSA) is 142 Å². The number of ether oxygens (including phenoxy) is 1. The molecule has 11 rings (SSSR count). The number of piperidine rings is 4. The molecule has 1 aliphatic carbocycles. The third-order valence-corrected chi connectivity index (χ3v) is 15.6. The van der Waals surface area contributed by atoms with Crippen LogP contribution in [-0.2, 0) is 16.6 Å². The third-order valence-electron chi connectivity index (χ3n) is 15.6. The van der Waals surface area contributed by atoms with E-state index in [-0.39, 0.29) is 40.0 Å². The number of terminal acetylenes is 1. The zero-order chi connectivity index (χ0) is 46.9. The predicted molar refractivity (Wildman–Crippen MR) is 256 cm³/mol. The first-order chi connectivity index (χ1) is 32.9. The summed E-state index contributed by atoms with van der Waals surface area (Å²) in [6, 6.07) is 15.4. The number of aryl methyl sites for hydroxylation is 1. The van der Waals surface area contributed by atoms with Crippen LogP contribution in [0.25, 0.3) is 43.8 Å². The van der Waals surface area contributed by atoms with Crippen LogP contribution in [0.4, 0.5) is 14.6 Å². The van der Waals surface area contributed by atoms with Gasteiger partial charge in [0.15, 0.2) is 5.82 Å². The molecule has 0 spiro atoms. The van der Waals surface area contributed by atoms with Crippen LogP contribution in [-0.4, -0.2) is 116 Å². The Kier molecular flexibility index (Phi) is 11.4. The van der Waals surface area contributed by atoms with Gasteiger partial charge in [-0.05, 0) is 120 Å². The molecule has 5 aliphatic rings. The number of fused-ring (bicyclic) bond motifs is 3. The van der Waals surface area contributed by atoms with Gasteiger partial charge < -0.3 is 24.5 Å². The van der Waals surface area contributed by atoms with Crippen molar-refractivity contribution in [1.29, 1.82) is 0 Å². The van der Waals surface area contributed by atoms with Crippen LogP contribution >= 0.6 is 0 Å². The minimum Gasteiger partial charge on any atom is -0.463 e. The van der Waals surface area contributed by atoms with Gasteiger partial charge in [-0.1, -0.05) is 42.3 Å². The fourth-order valence-corrected chi connectivity index (χ4v) is 11.6. The number of imide groups is 1. The number of anilines is 1. The molecule has 2 N–H and O–H groups in total. The summed E-state index contributed by atoms with van der Waals surface area (Å²) in [6.45, 7) is 8.21. The van der Waals surface area contributed by atoms with Crippen LogP contribution in [0.5, 0.6) is 6.01 Å². The Balaban J connectivity index is 0.748. The molecule has 6 aromatic rings. The van der Waals surface area contributed by atoms with Crippen molar-refractivity contribution in [3.8, 4) is 29.6 Å². The fourth-order valence-electron chi connectivity index (χ4n) is 11.6. The predicted octanol–water partition coefficient (Wildman–Crippen LogP) is 7.37. The molecule has 13 nitrogen and oxygen atoms in total. The zero-order valence-corrected chi connectivity index (χ0v) is 38.7. The number of β-amino-alcohol motifs (C(OH)–C–C–N with tert-alkyl or cyclic N) is 1. The summed E-state index contributed by atoms with van der Waals surface area (Å²) < 4.78 is 40.4. The molecule has 7 heterocycles. The summed E-state index contributed by atoms with van der Waals surface area (Å²) in [7, 11) is 1.93. The van der Waals surface area contributed by atoms with Crippen molar-refractivity contribution >= 4 is 50.2 Å². The number of pyridine rings is 1. The summed E-state index contributed by atoms with van der Waals surface area (Å²) >= 11 is 0. The molecule has 68 heavy (non-hydrogen) atoms. The number of rotatable bonds is 10. The summed E-state index contributed by atoms with van der Waals surface area (Å²) in [6.07, 6.45) is 16.0. The lowest BCUT2D eigenvalue weighted by Crippen LogP contribution is -2.48. The number of likely N-dealkylation sites (tertiary alicyclic amines) is 2. The van der Waals surface area contributed by atoms with Gasteiger partial charge in [0.1, 0.15) is 22.8 Å². The van der Waals surface area contributed by atoms with Gasteiger partial charge in [-0.15, -0.1) is 6.42 Å². The highest BCUT2D eigenvalue weighted by Gasteiger charge is 2.46. The molecule has 0 radical (unpaired) electrons. The average molecular weight is 922 g/mol. The Bertz CT molecular complexity index is 3020. The SMILES string of the molecule is C#Cc1c(F)ccc2cccc(-c3ncc4c(N5CCC[C@@](C)(O)C5)nc(OCC5(CN6CCC(N7CCC(c8ccc9c(C%10CCC(=O)NC%10=O)nn(C)c9c8)CC7)CC6)CC5)nc4c3F)c12. The number of nitrogens with zero attached hydrogens (tertiary/aromatic N) is 8. The summed E-state index contributed by atoms with van der Waals surface area (Å²) in [5.41, 5.74) is 2.55. The monoisotopic (exact) mass is 921 g/mol. The normalized spacial score (nSPS) is 23.1. The molecule has 0 bridgehead atoms. The van der Waals surface area contributed by atoms with Gasteiger partial charge in [0.2, 0.25) is 11.8 Å². The number of nitrogens with one attached hydrogen (secondary N) is 1. The number of halogens is 2. The Morgan fingerprint density at radius 3 is 2.51 bits per heavy atom. The van der Waals surface area contributed by atoms with Gasteiger partial charge in [0, 0.05) is 67.1 Å². The third kappa shape index (κ3) is 8.34. The van der Waals surface area contributed by atoms with Gasteiger partial charge in [-0.25, -0.2) is 8.78 Å². The van der Waals surface area contributed by atoms with Gasteiger partial charge in [-0.3, -0.25) is 24.6 Å². The maximum atomic E-state index is 17.0. The van der Waals surface area contributed by atoms with Crippen LogP contribution in [0.15, 0.2) is 54.7 Å². The molecule has 3 aromatic carbocycles. The first-order valence-electron chi connectivity index (χ1n) is 24.3. The molecule has 2 amide bonds.